The normalized spacial score (nSPS) is 27.9. The molecule has 3 aliphatic rings. The van der Waals surface area contributed by atoms with Crippen molar-refractivity contribution in [3.8, 4) is 0 Å². The topological polar surface area (TPSA) is 95.2 Å². The molecule has 1 aliphatic heterocycles. The van der Waals surface area contributed by atoms with Gasteiger partial charge in [0.1, 0.15) is 5.78 Å². The van der Waals surface area contributed by atoms with Gasteiger partial charge in [-0.25, -0.2) is 18.6 Å². The molecule has 192 valence electrons. The molecule has 5 rings (SSSR count). The van der Waals surface area contributed by atoms with Gasteiger partial charge >= 0.3 is 5.69 Å². The summed E-state index contributed by atoms with van der Waals surface area (Å²) in [6.07, 6.45) is 8.07. The molecule has 0 radical (unpaired) electrons. The van der Waals surface area contributed by atoms with Crippen LogP contribution in [0.15, 0.2) is 41.5 Å². The average Bonchev–Trinajstić information content (AvgIpc) is 3.36. The fourth-order valence-electron chi connectivity index (χ4n) is 6.18. The number of Topliss-reactive ketones (excluding diaryl/α,β-unsaturated/α-hetero) is 1. The molecule has 1 unspecified atom stereocenters. The number of fused-ring (bicyclic) bond motifs is 1. The number of halogens is 2. The molecule has 2 aliphatic carbocycles. The number of nitrogens with zero attached hydrogens (tertiary/aromatic N) is 2. The van der Waals surface area contributed by atoms with Crippen molar-refractivity contribution in [1.29, 1.82) is 0 Å². The van der Waals surface area contributed by atoms with Gasteiger partial charge < -0.3 is 10.3 Å². The SMILES string of the molecule is CC(F)(F)c1cccc(NC(=O)CCC(=O)C2[C@H]3CN(C4CCC(c5cnc(=O)[nH]c5)CC4)C[C@@H]23)c1. The molecule has 36 heavy (non-hydrogen) atoms. The Labute approximate surface area is 208 Å². The smallest absolute Gasteiger partial charge is 0.326 e. The van der Waals surface area contributed by atoms with E-state index in [1.165, 1.54) is 18.2 Å². The van der Waals surface area contributed by atoms with Gasteiger partial charge in [0.25, 0.3) is 5.92 Å². The third kappa shape index (κ3) is 5.40. The lowest BCUT2D eigenvalue weighted by atomic mass is 9.82. The van der Waals surface area contributed by atoms with E-state index in [4.69, 9.17) is 0 Å². The van der Waals surface area contributed by atoms with E-state index >= 15 is 0 Å². The number of aromatic amines is 1. The minimum Gasteiger partial charge on any atom is -0.326 e. The Kier molecular flexibility index (Phi) is 6.76. The van der Waals surface area contributed by atoms with Gasteiger partial charge in [-0.05, 0) is 61.1 Å². The van der Waals surface area contributed by atoms with E-state index < -0.39 is 5.92 Å². The van der Waals surface area contributed by atoms with Crippen molar-refractivity contribution >= 4 is 17.4 Å². The summed E-state index contributed by atoms with van der Waals surface area (Å²) in [6, 6.07) is 6.18. The molecule has 7 nitrogen and oxygen atoms in total. The first-order valence-corrected chi connectivity index (χ1v) is 12.8. The number of carbonyl (C=O) groups excluding carboxylic acids is 2. The molecule has 2 saturated carbocycles. The highest BCUT2D eigenvalue weighted by Gasteiger charge is 2.59. The molecule has 1 amide bonds. The Bertz CT molecular complexity index is 1150. The van der Waals surface area contributed by atoms with Crippen LogP contribution in [0.4, 0.5) is 14.5 Å². The highest BCUT2D eigenvalue weighted by atomic mass is 19.3. The molecule has 3 fully saturated rings. The summed E-state index contributed by atoms with van der Waals surface area (Å²) in [5, 5.41) is 2.63. The second kappa shape index (κ2) is 9.84. The van der Waals surface area contributed by atoms with E-state index in [2.05, 4.69) is 20.2 Å². The molecule has 1 aromatic carbocycles. The number of anilines is 1. The van der Waals surface area contributed by atoms with Crippen molar-refractivity contribution in [3.05, 3.63) is 58.3 Å². The first-order chi connectivity index (χ1) is 17.2. The number of carbonyl (C=O) groups is 2. The van der Waals surface area contributed by atoms with E-state index in [0.717, 1.165) is 51.3 Å². The molecule has 1 saturated heterocycles. The number of aromatic nitrogens is 2. The third-order valence-corrected chi connectivity index (χ3v) is 8.22. The summed E-state index contributed by atoms with van der Waals surface area (Å²) >= 11 is 0. The summed E-state index contributed by atoms with van der Waals surface area (Å²) in [5.41, 5.74) is 0.941. The minimum absolute atomic E-state index is 0.0553. The number of likely N-dealkylation sites (tertiary alicyclic amines) is 1. The summed E-state index contributed by atoms with van der Waals surface area (Å²) < 4.78 is 27.0. The maximum absolute atomic E-state index is 13.5. The van der Waals surface area contributed by atoms with Crippen LogP contribution < -0.4 is 11.0 Å². The minimum atomic E-state index is -2.98. The second-order valence-corrected chi connectivity index (χ2v) is 10.6. The number of piperidine rings is 1. The van der Waals surface area contributed by atoms with Crippen molar-refractivity contribution in [2.24, 2.45) is 17.8 Å². The number of benzene rings is 1. The van der Waals surface area contributed by atoms with Crippen LogP contribution in [-0.2, 0) is 15.5 Å². The molecule has 1 aromatic heterocycles. The molecule has 0 spiro atoms. The Morgan fingerprint density at radius 2 is 1.86 bits per heavy atom. The number of ketones is 1. The predicted octanol–water partition coefficient (Wildman–Crippen LogP) is 4.07. The van der Waals surface area contributed by atoms with Gasteiger partial charge in [0.2, 0.25) is 5.91 Å². The lowest BCUT2D eigenvalue weighted by Gasteiger charge is -2.35. The standard InChI is InChI=1S/C27H32F2N4O3/c1-27(28,29)18-3-2-4-19(11-18)32-24(35)10-9-23(34)25-21-14-33(15-22(21)25)20-7-5-16(6-8-20)17-12-30-26(36)31-13-17/h2-4,11-13,16,20-22,25H,5-10,14-15H2,1H3,(H,32,35)(H,30,31,36)/t16?,20?,21-,22+,25?. The zero-order chi connectivity index (χ0) is 25.4. The Balaban J connectivity index is 1.03. The summed E-state index contributed by atoms with van der Waals surface area (Å²) in [4.78, 5) is 45.3. The highest BCUT2D eigenvalue weighted by molar-refractivity contribution is 5.94. The van der Waals surface area contributed by atoms with E-state index in [1.54, 1.807) is 18.5 Å². The van der Waals surface area contributed by atoms with Gasteiger partial charge in [0.15, 0.2) is 0 Å². The van der Waals surface area contributed by atoms with Crippen LogP contribution in [0.25, 0.3) is 0 Å². The van der Waals surface area contributed by atoms with Gasteiger partial charge in [0, 0.05) is 68.5 Å². The number of amides is 1. The maximum atomic E-state index is 13.5. The molecule has 9 heteroatoms. The van der Waals surface area contributed by atoms with Crippen LogP contribution in [0.5, 0.6) is 0 Å². The van der Waals surface area contributed by atoms with Crippen LogP contribution in [-0.4, -0.2) is 45.7 Å². The fraction of sp³-hybridized carbons (Fsp3) is 0.556. The number of rotatable bonds is 8. The zero-order valence-corrected chi connectivity index (χ0v) is 20.4. The van der Waals surface area contributed by atoms with Crippen LogP contribution >= 0.6 is 0 Å². The molecule has 2 aromatic rings. The van der Waals surface area contributed by atoms with Crippen LogP contribution in [0.1, 0.15) is 62.5 Å². The first-order valence-electron chi connectivity index (χ1n) is 12.8. The molecule has 0 bridgehead atoms. The predicted molar refractivity (Wildman–Crippen MR) is 131 cm³/mol. The van der Waals surface area contributed by atoms with Crippen molar-refractivity contribution in [2.75, 3.05) is 18.4 Å². The summed E-state index contributed by atoms with van der Waals surface area (Å²) in [5.74, 6) is -1.89. The van der Waals surface area contributed by atoms with E-state index in [1.807, 2.05) is 0 Å². The molecular weight excluding hydrogens is 466 g/mol. The lowest BCUT2D eigenvalue weighted by molar-refractivity contribution is -0.124. The molecular formula is C27H32F2N4O3. The van der Waals surface area contributed by atoms with Crippen molar-refractivity contribution in [1.82, 2.24) is 14.9 Å². The third-order valence-electron chi connectivity index (χ3n) is 8.22. The van der Waals surface area contributed by atoms with E-state index in [0.29, 0.717) is 29.5 Å². The zero-order valence-electron chi connectivity index (χ0n) is 20.4. The van der Waals surface area contributed by atoms with E-state index in [-0.39, 0.29) is 41.7 Å². The molecule has 3 atom stereocenters. The number of nitrogens with one attached hydrogen (secondary N) is 2. The Morgan fingerprint density at radius 1 is 1.14 bits per heavy atom. The van der Waals surface area contributed by atoms with Gasteiger partial charge in [-0.15, -0.1) is 0 Å². The Morgan fingerprint density at radius 3 is 2.50 bits per heavy atom. The van der Waals surface area contributed by atoms with Crippen molar-refractivity contribution < 1.29 is 18.4 Å². The van der Waals surface area contributed by atoms with Crippen LogP contribution in [0.2, 0.25) is 0 Å². The quantitative estimate of drug-likeness (QED) is 0.572. The van der Waals surface area contributed by atoms with Crippen LogP contribution in [0, 0.1) is 17.8 Å². The van der Waals surface area contributed by atoms with Gasteiger partial charge in [-0.2, -0.15) is 0 Å². The highest BCUT2D eigenvalue weighted by Crippen LogP contribution is 2.54. The number of hydrogen-bond acceptors (Lipinski definition) is 5. The first kappa shape index (κ1) is 24.7. The monoisotopic (exact) mass is 498 g/mol. The van der Waals surface area contributed by atoms with Crippen molar-refractivity contribution in [3.63, 3.8) is 0 Å². The molecule has 2 heterocycles. The summed E-state index contributed by atoms with van der Waals surface area (Å²) in [7, 11) is 0. The fourth-order valence-corrected chi connectivity index (χ4v) is 6.18. The number of alkyl halides is 2. The average molecular weight is 499 g/mol. The Hall–Kier alpha value is -2.94. The van der Waals surface area contributed by atoms with Crippen molar-refractivity contribution in [2.45, 2.75) is 63.3 Å². The van der Waals surface area contributed by atoms with Gasteiger partial charge in [-0.3, -0.25) is 14.5 Å². The largest absolute Gasteiger partial charge is 0.344 e. The lowest BCUT2D eigenvalue weighted by Crippen LogP contribution is -2.38. The van der Waals surface area contributed by atoms with Gasteiger partial charge in [-0.1, -0.05) is 12.1 Å². The second-order valence-electron chi connectivity index (χ2n) is 10.6. The van der Waals surface area contributed by atoms with Gasteiger partial charge in [0.05, 0.1) is 0 Å². The number of hydrogen-bond donors (Lipinski definition) is 2. The van der Waals surface area contributed by atoms with Crippen LogP contribution in [0.3, 0.4) is 0 Å². The van der Waals surface area contributed by atoms with E-state index in [9.17, 15) is 23.2 Å². The summed E-state index contributed by atoms with van der Waals surface area (Å²) in [6.45, 7) is 2.71. The molecule has 2 N–H and O–H groups in total. The number of H-pyrrole nitrogens is 1. The maximum Gasteiger partial charge on any atom is 0.344 e.